The SMILES string of the molecule is COc1cc(C(C)=O)ccc1OC[C@@H](O)CN1CCC[C@@H](O)C1. The van der Waals surface area contributed by atoms with Crippen LogP contribution in [-0.2, 0) is 0 Å². The van der Waals surface area contributed by atoms with Crippen molar-refractivity contribution >= 4 is 5.78 Å². The highest BCUT2D eigenvalue weighted by Crippen LogP contribution is 2.28. The van der Waals surface area contributed by atoms with E-state index in [1.165, 1.54) is 14.0 Å². The summed E-state index contributed by atoms with van der Waals surface area (Å²) in [6, 6.07) is 4.98. The fourth-order valence-corrected chi connectivity index (χ4v) is 2.74. The number of piperidine rings is 1. The van der Waals surface area contributed by atoms with Gasteiger partial charge in [-0.1, -0.05) is 0 Å². The molecule has 2 rings (SSSR count). The lowest BCUT2D eigenvalue weighted by Gasteiger charge is -2.31. The van der Waals surface area contributed by atoms with Gasteiger partial charge in [0, 0.05) is 18.7 Å². The van der Waals surface area contributed by atoms with Crippen molar-refractivity contribution in [2.75, 3.05) is 33.4 Å². The van der Waals surface area contributed by atoms with Crippen LogP contribution in [-0.4, -0.2) is 66.5 Å². The minimum absolute atomic E-state index is 0.0430. The van der Waals surface area contributed by atoms with E-state index in [9.17, 15) is 15.0 Å². The fraction of sp³-hybridized carbons (Fsp3) is 0.588. The fourth-order valence-electron chi connectivity index (χ4n) is 2.74. The number of aliphatic hydroxyl groups is 2. The molecule has 1 heterocycles. The van der Waals surface area contributed by atoms with E-state index in [0.717, 1.165) is 19.4 Å². The highest BCUT2D eigenvalue weighted by Gasteiger charge is 2.20. The molecule has 6 heteroatoms. The Hall–Kier alpha value is -1.63. The minimum atomic E-state index is -0.655. The number of carbonyl (C=O) groups excluding carboxylic acids is 1. The van der Waals surface area contributed by atoms with Crippen molar-refractivity contribution in [3.8, 4) is 11.5 Å². The molecule has 0 saturated carbocycles. The molecule has 0 aromatic heterocycles. The lowest BCUT2D eigenvalue weighted by atomic mass is 10.1. The number of likely N-dealkylation sites (tertiary alicyclic amines) is 1. The van der Waals surface area contributed by atoms with Crippen LogP contribution in [0.5, 0.6) is 11.5 Å². The zero-order valence-electron chi connectivity index (χ0n) is 13.7. The molecule has 1 aliphatic rings. The standard InChI is InChI=1S/C17H25NO5/c1-12(19)13-5-6-16(17(8-13)22-2)23-11-15(21)10-18-7-3-4-14(20)9-18/h5-6,8,14-15,20-21H,3-4,7,9-11H2,1-2H3/t14-,15+/m1/s1. The highest BCUT2D eigenvalue weighted by atomic mass is 16.5. The van der Waals surface area contributed by atoms with E-state index in [1.807, 2.05) is 4.90 Å². The van der Waals surface area contributed by atoms with Gasteiger partial charge in [-0.05, 0) is 44.5 Å². The van der Waals surface area contributed by atoms with Gasteiger partial charge in [0.05, 0.1) is 13.2 Å². The van der Waals surface area contributed by atoms with E-state index >= 15 is 0 Å². The number of nitrogens with zero attached hydrogens (tertiary/aromatic N) is 1. The van der Waals surface area contributed by atoms with Gasteiger partial charge >= 0.3 is 0 Å². The molecule has 1 saturated heterocycles. The Kier molecular flexibility index (Phi) is 6.38. The minimum Gasteiger partial charge on any atom is -0.493 e. The molecule has 2 N–H and O–H groups in total. The van der Waals surface area contributed by atoms with Gasteiger partial charge in [0.2, 0.25) is 0 Å². The molecule has 1 aromatic carbocycles. The van der Waals surface area contributed by atoms with Crippen LogP contribution in [0.4, 0.5) is 0 Å². The highest BCUT2D eigenvalue weighted by molar-refractivity contribution is 5.94. The number of β-amino-alcohol motifs (C(OH)–C–C–N with tert-alkyl or cyclic N) is 2. The smallest absolute Gasteiger partial charge is 0.161 e. The molecule has 0 unspecified atom stereocenters. The van der Waals surface area contributed by atoms with Gasteiger partial charge in [-0.3, -0.25) is 9.69 Å². The number of carbonyl (C=O) groups is 1. The van der Waals surface area contributed by atoms with Gasteiger partial charge in [-0.2, -0.15) is 0 Å². The first-order chi connectivity index (χ1) is 11.0. The van der Waals surface area contributed by atoms with Crippen molar-refractivity contribution in [2.45, 2.75) is 32.0 Å². The van der Waals surface area contributed by atoms with Crippen molar-refractivity contribution in [3.63, 3.8) is 0 Å². The zero-order valence-corrected chi connectivity index (χ0v) is 13.7. The Labute approximate surface area is 136 Å². The predicted molar refractivity (Wildman–Crippen MR) is 86.2 cm³/mol. The van der Waals surface area contributed by atoms with Crippen LogP contribution in [0.2, 0.25) is 0 Å². The summed E-state index contributed by atoms with van der Waals surface area (Å²) in [6.07, 6.45) is 0.797. The van der Waals surface area contributed by atoms with E-state index < -0.39 is 6.10 Å². The molecular formula is C17H25NO5. The van der Waals surface area contributed by atoms with Gasteiger partial charge < -0.3 is 19.7 Å². The van der Waals surface area contributed by atoms with E-state index in [4.69, 9.17) is 9.47 Å². The molecule has 0 aliphatic carbocycles. The summed E-state index contributed by atoms with van der Waals surface area (Å²) in [5.41, 5.74) is 0.553. The number of Topliss-reactive ketones (excluding diaryl/α,β-unsaturated/α-hetero) is 1. The van der Waals surface area contributed by atoms with Crippen LogP contribution in [0, 0.1) is 0 Å². The number of rotatable bonds is 7. The summed E-state index contributed by atoms with van der Waals surface area (Å²) in [7, 11) is 1.51. The maximum atomic E-state index is 11.4. The predicted octanol–water partition coefficient (Wildman–Crippen LogP) is 1.09. The van der Waals surface area contributed by atoms with Gasteiger partial charge in [0.25, 0.3) is 0 Å². The van der Waals surface area contributed by atoms with Crippen molar-refractivity contribution < 1.29 is 24.5 Å². The molecule has 2 atom stereocenters. The van der Waals surface area contributed by atoms with E-state index in [-0.39, 0.29) is 18.5 Å². The molecule has 6 nitrogen and oxygen atoms in total. The van der Waals surface area contributed by atoms with Crippen LogP contribution < -0.4 is 9.47 Å². The Balaban J connectivity index is 1.88. The average Bonchev–Trinajstić information content (AvgIpc) is 2.52. The first-order valence-corrected chi connectivity index (χ1v) is 7.90. The molecule has 1 aromatic rings. The topological polar surface area (TPSA) is 79.2 Å². The largest absolute Gasteiger partial charge is 0.493 e. The molecule has 1 fully saturated rings. The Bertz CT molecular complexity index is 534. The second kappa shape index (κ2) is 8.29. The second-order valence-electron chi connectivity index (χ2n) is 5.94. The van der Waals surface area contributed by atoms with E-state index in [1.54, 1.807) is 18.2 Å². The lowest BCUT2D eigenvalue weighted by molar-refractivity contribution is 0.0240. The number of benzene rings is 1. The molecule has 0 spiro atoms. The van der Waals surface area contributed by atoms with Crippen LogP contribution in [0.3, 0.4) is 0 Å². The zero-order chi connectivity index (χ0) is 16.8. The molecule has 0 amide bonds. The third kappa shape index (κ3) is 5.20. The van der Waals surface area contributed by atoms with Gasteiger partial charge in [0.1, 0.15) is 12.7 Å². The van der Waals surface area contributed by atoms with Crippen molar-refractivity contribution in [2.24, 2.45) is 0 Å². The molecular weight excluding hydrogens is 298 g/mol. The average molecular weight is 323 g/mol. The molecule has 128 valence electrons. The quantitative estimate of drug-likeness (QED) is 0.732. The normalized spacial score (nSPS) is 20.1. The molecule has 0 bridgehead atoms. The van der Waals surface area contributed by atoms with Gasteiger partial charge in [0.15, 0.2) is 17.3 Å². The Morgan fingerprint density at radius 3 is 2.87 bits per heavy atom. The summed E-state index contributed by atoms with van der Waals surface area (Å²) in [5.74, 6) is 0.923. The Morgan fingerprint density at radius 2 is 2.22 bits per heavy atom. The summed E-state index contributed by atoms with van der Waals surface area (Å²) >= 11 is 0. The van der Waals surface area contributed by atoms with Gasteiger partial charge in [-0.25, -0.2) is 0 Å². The third-order valence-electron chi connectivity index (χ3n) is 3.95. The van der Waals surface area contributed by atoms with Crippen molar-refractivity contribution in [3.05, 3.63) is 23.8 Å². The van der Waals surface area contributed by atoms with Crippen molar-refractivity contribution in [1.82, 2.24) is 4.90 Å². The summed E-state index contributed by atoms with van der Waals surface area (Å²) in [6.45, 7) is 3.55. The summed E-state index contributed by atoms with van der Waals surface area (Å²) in [4.78, 5) is 13.4. The monoisotopic (exact) mass is 323 g/mol. The number of methoxy groups -OCH3 is 1. The van der Waals surface area contributed by atoms with E-state index in [2.05, 4.69) is 0 Å². The van der Waals surface area contributed by atoms with Crippen molar-refractivity contribution in [1.29, 1.82) is 0 Å². The van der Waals surface area contributed by atoms with Crippen LogP contribution in [0.1, 0.15) is 30.1 Å². The number of ether oxygens (including phenoxy) is 2. The number of hydrogen-bond donors (Lipinski definition) is 2. The summed E-state index contributed by atoms with van der Waals surface area (Å²) < 4.78 is 10.8. The van der Waals surface area contributed by atoms with Crippen LogP contribution in [0.25, 0.3) is 0 Å². The first-order valence-electron chi connectivity index (χ1n) is 7.90. The molecule has 1 aliphatic heterocycles. The maximum absolute atomic E-state index is 11.4. The van der Waals surface area contributed by atoms with Gasteiger partial charge in [-0.15, -0.1) is 0 Å². The Morgan fingerprint density at radius 1 is 1.43 bits per heavy atom. The first kappa shape index (κ1) is 17.7. The third-order valence-corrected chi connectivity index (χ3v) is 3.95. The lowest BCUT2D eigenvalue weighted by Crippen LogP contribution is -2.43. The molecule has 23 heavy (non-hydrogen) atoms. The maximum Gasteiger partial charge on any atom is 0.161 e. The van der Waals surface area contributed by atoms with E-state index in [0.29, 0.717) is 30.2 Å². The van der Waals surface area contributed by atoms with Crippen LogP contribution in [0.15, 0.2) is 18.2 Å². The van der Waals surface area contributed by atoms with Crippen LogP contribution >= 0.6 is 0 Å². The number of ketones is 1. The number of hydrogen-bond acceptors (Lipinski definition) is 6. The summed E-state index contributed by atoms with van der Waals surface area (Å²) in [5, 5.41) is 19.8. The molecule has 0 radical (unpaired) electrons. The second-order valence-corrected chi connectivity index (χ2v) is 5.94. The number of aliphatic hydroxyl groups excluding tert-OH is 2.